The Hall–Kier alpha value is -1.24. The molecule has 7 heteroatoms. The maximum absolute atomic E-state index is 13.5. The molecule has 0 fully saturated rings. The highest BCUT2D eigenvalue weighted by Crippen LogP contribution is 2.37. The van der Waals surface area contributed by atoms with E-state index in [1.165, 1.54) is 0 Å². The van der Waals surface area contributed by atoms with Crippen LogP contribution in [-0.4, -0.2) is 18.9 Å². The summed E-state index contributed by atoms with van der Waals surface area (Å²) in [6.45, 7) is 1.65. The lowest BCUT2D eigenvalue weighted by Gasteiger charge is -2.27. The Labute approximate surface area is 106 Å². The normalized spacial score (nSPS) is 13.9. The number of halogens is 6. The van der Waals surface area contributed by atoms with E-state index in [0.29, 0.717) is 12.5 Å². The van der Waals surface area contributed by atoms with Crippen molar-refractivity contribution in [2.24, 2.45) is 0 Å². The maximum Gasteiger partial charge on any atom is 0.326 e. The minimum atomic E-state index is -4.45. The standard InChI is InChI=1S/C12H13F6N/c1-2-5-19-10(12(17,18)11(15)16)8-4-3-7(13)6-9(8)14/h3-4,6,10-11,19H,2,5H2,1H3. The van der Waals surface area contributed by atoms with E-state index in [-0.39, 0.29) is 6.54 Å². The molecule has 1 unspecified atom stereocenters. The summed E-state index contributed by atoms with van der Waals surface area (Å²) < 4.78 is 77.8. The third kappa shape index (κ3) is 3.62. The number of alkyl halides is 4. The van der Waals surface area contributed by atoms with Gasteiger partial charge in [0, 0.05) is 11.6 Å². The largest absolute Gasteiger partial charge is 0.326 e. The van der Waals surface area contributed by atoms with Crippen molar-refractivity contribution in [3.63, 3.8) is 0 Å². The predicted molar refractivity (Wildman–Crippen MR) is 58.3 cm³/mol. The van der Waals surface area contributed by atoms with Gasteiger partial charge >= 0.3 is 12.3 Å². The molecule has 0 amide bonds. The smallest absolute Gasteiger partial charge is 0.305 e. The van der Waals surface area contributed by atoms with Crippen molar-refractivity contribution in [1.29, 1.82) is 0 Å². The third-order valence-corrected chi connectivity index (χ3v) is 2.55. The number of hydrogen-bond acceptors (Lipinski definition) is 1. The molecule has 0 aliphatic carbocycles. The molecule has 19 heavy (non-hydrogen) atoms. The minimum absolute atomic E-state index is 0.00376. The quantitative estimate of drug-likeness (QED) is 0.781. The summed E-state index contributed by atoms with van der Waals surface area (Å²) in [4.78, 5) is 0. The lowest BCUT2D eigenvalue weighted by molar-refractivity contribution is -0.152. The van der Waals surface area contributed by atoms with Crippen molar-refractivity contribution >= 4 is 0 Å². The highest BCUT2D eigenvalue weighted by atomic mass is 19.3. The molecule has 0 aliphatic heterocycles. The topological polar surface area (TPSA) is 12.0 Å². The van der Waals surface area contributed by atoms with Gasteiger partial charge in [-0.25, -0.2) is 17.6 Å². The molecular formula is C12H13F6N. The summed E-state index contributed by atoms with van der Waals surface area (Å²) in [6, 6.07) is -0.320. The van der Waals surface area contributed by atoms with E-state index in [9.17, 15) is 26.3 Å². The van der Waals surface area contributed by atoms with Crippen LogP contribution in [0.5, 0.6) is 0 Å². The highest BCUT2D eigenvalue weighted by molar-refractivity contribution is 5.24. The van der Waals surface area contributed by atoms with Crippen molar-refractivity contribution in [1.82, 2.24) is 5.32 Å². The second kappa shape index (κ2) is 6.27. The lowest BCUT2D eigenvalue weighted by Crippen LogP contribution is -2.43. The van der Waals surface area contributed by atoms with Crippen molar-refractivity contribution in [3.05, 3.63) is 35.4 Å². The molecule has 1 atom stereocenters. The van der Waals surface area contributed by atoms with E-state index in [0.717, 1.165) is 12.1 Å². The van der Waals surface area contributed by atoms with E-state index >= 15 is 0 Å². The molecule has 0 saturated carbocycles. The Morgan fingerprint density at radius 2 is 1.84 bits per heavy atom. The molecular weight excluding hydrogens is 272 g/mol. The summed E-state index contributed by atoms with van der Waals surface area (Å²) in [5.74, 6) is -6.70. The molecule has 1 rings (SSSR count). The predicted octanol–water partition coefficient (Wildman–Crippen LogP) is 3.91. The zero-order valence-corrected chi connectivity index (χ0v) is 10.1. The van der Waals surface area contributed by atoms with Crippen LogP contribution in [0.3, 0.4) is 0 Å². The maximum atomic E-state index is 13.5. The molecule has 0 heterocycles. The lowest BCUT2D eigenvalue weighted by atomic mass is 9.99. The van der Waals surface area contributed by atoms with E-state index in [2.05, 4.69) is 5.32 Å². The van der Waals surface area contributed by atoms with Crippen LogP contribution in [0, 0.1) is 11.6 Å². The van der Waals surface area contributed by atoms with Gasteiger partial charge in [-0.15, -0.1) is 0 Å². The van der Waals surface area contributed by atoms with Crippen molar-refractivity contribution < 1.29 is 26.3 Å². The molecule has 0 bridgehead atoms. The van der Waals surface area contributed by atoms with Gasteiger partial charge in [0.25, 0.3) is 0 Å². The number of rotatable bonds is 6. The fourth-order valence-electron chi connectivity index (χ4n) is 1.60. The summed E-state index contributed by atoms with van der Waals surface area (Å²) >= 11 is 0. The summed E-state index contributed by atoms with van der Waals surface area (Å²) in [5.41, 5.74) is -0.680. The molecule has 0 saturated heterocycles. The van der Waals surface area contributed by atoms with Crippen LogP contribution in [0.15, 0.2) is 18.2 Å². The number of benzene rings is 1. The van der Waals surface area contributed by atoms with Gasteiger partial charge in [-0.2, -0.15) is 8.78 Å². The minimum Gasteiger partial charge on any atom is -0.305 e. The van der Waals surface area contributed by atoms with Gasteiger partial charge in [-0.3, -0.25) is 0 Å². The first-order valence-electron chi connectivity index (χ1n) is 5.65. The molecule has 0 spiro atoms. The van der Waals surface area contributed by atoms with E-state index in [1.54, 1.807) is 6.92 Å². The second-order valence-electron chi connectivity index (χ2n) is 4.03. The number of nitrogens with one attached hydrogen (secondary N) is 1. The Bertz CT molecular complexity index is 421. The molecule has 1 aromatic rings. The van der Waals surface area contributed by atoms with Crippen LogP contribution in [0.2, 0.25) is 0 Å². The van der Waals surface area contributed by atoms with Gasteiger partial charge in [0.15, 0.2) is 0 Å². The van der Waals surface area contributed by atoms with Crippen LogP contribution < -0.4 is 5.32 Å². The molecule has 0 aliphatic rings. The summed E-state index contributed by atoms with van der Waals surface area (Å²) in [5, 5.41) is 2.18. The Balaban J connectivity index is 3.16. The monoisotopic (exact) mass is 285 g/mol. The van der Waals surface area contributed by atoms with Gasteiger partial charge in [-0.05, 0) is 19.0 Å². The number of hydrogen-bond donors (Lipinski definition) is 1. The van der Waals surface area contributed by atoms with Gasteiger partial charge in [0.2, 0.25) is 0 Å². The summed E-state index contributed by atoms with van der Waals surface area (Å²) in [7, 11) is 0. The van der Waals surface area contributed by atoms with Crippen molar-refractivity contribution in [3.8, 4) is 0 Å². The first-order valence-corrected chi connectivity index (χ1v) is 5.65. The highest BCUT2D eigenvalue weighted by Gasteiger charge is 2.50. The molecule has 1 nitrogen and oxygen atoms in total. The SMILES string of the molecule is CCCNC(c1ccc(F)cc1F)C(F)(F)C(F)F. The van der Waals surface area contributed by atoms with E-state index in [1.807, 2.05) is 0 Å². The van der Waals surface area contributed by atoms with Crippen LogP contribution in [-0.2, 0) is 0 Å². The molecule has 1 N–H and O–H groups in total. The van der Waals surface area contributed by atoms with Crippen LogP contribution in [0.4, 0.5) is 26.3 Å². The fraction of sp³-hybridized carbons (Fsp3) is 0.500. The van der Waals surface area contributed by atoms with E-state index < -0.39 is 35.6 Å². The van der Waals surface area contributed by atoms with Gasteiger partial charge in [0.05, 0.1) is 0 Å². The van der Waals surface area contributed by atoms with Gasteiger partial charge in [-0.1, -0.05) is 13.0 Å². The average Bonchev–Trinajstić information content (AvgIpc) is 2.31. The van der Waals surface area contributed by atoms with Crippen molar-refractivity contribution in [2.45, 2.75) is 31.7 Å². The summed E-state index contributed by atoms with van der Waals surface area (Å²) in [6.07, 6.45) is -3.55. The van der Waals surface area contributed by atoms with Gasteiger partial charge < -0.3 is 5.32 Å². The zero-order chi connectivity index (χ0) is 14.6. The Kier molecular flexibility index (Phi) is 5.22. The first-order chi connectivity index (χ1) is 8.80. The molecule has 1 aromatic carbocycles. The Morgan fingerprint density at radius 1 is 1.21 bits per heavy atom. The van der Waals surface area contributed by atoms with Crippen LogP contribution in [0.1, 0.15) is 24.9 Å². The van der Waals surface area contributed by atoms with E-state index in [4.69, 9.17) is 0 Å². The second-order valence-corrected chi connectivity index (χ2v) is 4.03. The van der Waals surface area contributed by atoms with Crippen LogP contribution in [0.25, 0.3) is 0 Å². The third-order valence-electron chi connectivity index (χ3n) is 2.55. The fourth-order valence-corrected chi connectivity index (χ4v) is 1.60. The van der Waals surface area contributed by atoms with Gasteiger partial charge in [0.1, 0.15) is 17.7 Å². The molecule has 0 aromatic heterocycles. The zero-order valence-electron chi connectivity index (χ0n) is 10.1. The van der Waals surface area contributed by atoms with Crippen molar-refractivity contribution in [2.75, 3.05) is 6.54 Å². The molecule has 0 radical (unpaired) electrons. The Morgan fingerprint density at radius 3 is 2.32 bits per heavy atom. The first kappa shape index (κ1) is 15.8. The molecule has 108 valence electrons. The van der Waals surface area contributed by atoms with Crippen LogP contribution >= 0.6 is 0 Å². The average molecular weight is 285 g/mol.